The average molecular weight is 452 g/mol. The van der Waals surface area contributed by atoms with Crippen LogP contribution >= 0.6 is 0 Å². The van der Waals surface area contributed by atoms with E-state index in [1.165, 1.54) is 22.8 Å². The summed E-state index contributed by atoms with van der Waals surface area (Å²) in [5.74, 6) is -1.71. The zero-order valence-corrected chi connectivity index (χ0v) is 19.2. The summed E-state index contributed by atoms with van der Waals surface area (Å²) < 4.78 is 36.3. The summed E-state index contributed by atoms with van der Waals surface area (Å²) in [6.07, 6.45) is -0.474. The monoisotopic (exact) mass is 452 g/mol. The number of esters is 1. The van der Waals surface area contributed by atoms with Crippen molar-refractivity contribution in [2.24, 2.45) is 0 Å². The quantitative estimate of drug-likeness (QED) is 0.634. The third-order valence-corrected chi connectivity index (χ3v) is 4.97. The third kappa shape index (κ3) is 4.89. The first-order valence-corrected chi connectivity index (χ1v) is 10.5. The molecule has 1 unspecified atom stereocenters. The molecule has 1 saturated heterocycles. The number of likely N-dealkylation sites (tertiary alicyclic amines) is 1. The van der Waals surface area contributed by atoms with Crippen LogP contribution in [0, 0.1) is 5.82 Å². The highest BCUT2D eigenvalue weighted by Gasteiger charge is 2.46. The number of ether oxygens (including phenoxy) is 4. The molecular formula is C22H29FN2O7. The second kappa shape index (κ2) is 8.48. The molecule has 0 aromatic heterocycles. The molecule has 0 radical (unpaired) electrons. The molecule has 10 heteroatoms. The molecule has 0 aliphatic carbocycles. The van der Waals surface area contributed by atoms with E-state index in [1.807, 2.05) is 0 Å². The second-order valence-corrected chi connectivity index (χ2v) is 9.12. The molecule has 0 bridgehead atoms. The minimum atomic E-state index is -0.926. The van der Waals surface area contributed by atoms with Crippen LogP contribution < -0.4 is 14.4 Å². The van der Waals surface area contributed by atoms with Gasteiger partial charge in [0.25, 0.3) is 5.91 Å². The second-order valence-electron chi connectivity index (χ2n) is 9.12. The Hall–Kier alpha value is -3.04. The normalized spacial score (nSPS) is 18.2. The van der Waals surface area contributed by atoms with Gasteiger partial charge in [0.15, 0.2) is 18.2 Å². The van der Waals surface area contributed by atoms with Crippen LogP contribution in [0.25, 0.3) is 0 Å². The summed E-state index contributed by atoms with van der Waals surface area (Å²) in [5, 5.41) is 0. The standard InChI is InChI=1S/C22H29FN2O7/c1-7-29-19(27)13(2)25-15-9-16(14(23)8-17(15)30-10-18(25)26)31-22(6)11-24(12-22)20(28)32-21(3,4)5/h8-9,13H,7,10-12H2,1-6H3. The molecule has 2 heterocycles. The predicted molar refractivity (Wildman–Crippen MR) is 112 cm³/mol. The van der Waals surface area contributed by atoms with Crippen molar-refractivity contribution < 1.29 is 37.7 Å². The lowest BCUT2D eigenvalue weighted by Crippen LogP contribution is -2.65. The van der Waals surface area contributed by atoms with Gasteiger partial charge in [0.2, 0.25) is 0 Å². The summed E-state index contributed by atoms with van der Waals surface area (Å²) in [6, 6.07) is 1.53. The molecule has 32 heavy (non-hydrogen) atoms. The number of nitrogens with zero attached hydrogens (tertiary/aromatic N) is 2. The molecular weight excluding hydrogens is 423 g/mol. The first kappa shape index (κ1) is 23.6. The number of halogens is 1. The lowest BCUT2D eigenvalue weighted by atomic mass is 9.97. The first-order chi connectivity index (χ1) is 14.8. The maximum absolute atomic E-state index is 14.7. The van der Waals surface area contributed by atoms with Crippen LogP contribution in [0.3, 0.4) is 0 Å². The lowest BCUT2D eigenvalue weighted by Gasteiger charge is -2.47. The van der Waals surface area contributed by atoms with Gasteiger partial charge < -0.3 is 23.8 Å². The number of rotatable bonds is 5. The highest BCUT2D eigenvalue weighted by Crippen LogP contribution is 2.40. The van der Waals surface area contributed by atoms with E-state index in [0.29, 0.717) is 0 Å². The third-order valence-electron chi connectivity index (χ3n) is 4.97. The molecule has 0 N–H and O–H groups in total. The van der Waals surface area contributed by atoms with Crippen LogP contribution in [-0.4, -0.2) is 66.4 Å². The summed E-state index contributed by atoms with van der Waals surface area (Å²) in [4.78, 5) is 39.6. The largest absolute Gasteiger partial charge is 0.481 e. The van der Waals surface area contributed by atoms with Crippen LogP contribution in [0.1, 0.15) is 41.5 Å². The average Bonchev–Trinajstić information content (AvgIpc) is 2.65. The molecule has 3 rings (SSSR count). The summed E-state index contributed by atoms with van der Waals surface area (Å²) in [7, 11) is 0. The molecule has 1 aromatic rings. The Bertz CT molecular complexity index is 922. The fraction of sp³-hybridized carbons (Fsp3) is 0.591. The van der Waals surface area contributed by atoms with E-state index < -0.39 is 41.0 Å². The van der Waals surface area contributed by atoms with Gasteiger partial charge in [-0.05, 0) is 41.5 Å². The van der Waals surface area contributed by atoms with Crippen molar-refractivity contribution in [3.8, 4) is 11.5 Å². The number of fused-ring (bicyclic) bond motifs is 1. The zero-order chi connectivity index (χ0) is 23.8. The van der Waals surface area contributed by atoms with E-state index in [1.54, 1.807) is 34.6 Å². The number of benzene rings is 1. The Morgan fingerprint density at radius 1 is 1.28 bits per heavy atom. The number of carbonyl (C=O) groups is 3. The Balaban J connectivity index is 1.79. The molecule has 1 aromatic carbocycles. The molecule has 1 fully saturated rings. The molecule has 0 saturated carbocycles. The fourth-order valence-corrected chi connectivity index (χ4v) is 3.59. The highest BCUT2D eigenvalue weighted by molar-refractivity contribution is 6.03. The van der Waals surface area contributed by atoms with E-state index in [-0.39, 0.29) is 43.5 Å². The summed E-state index contributed by atoms with van der Waals surface area (Å²) in [6.45, 7) is 10.5. The molecule has 2 aliphatic rings. The smallest absolute Gasteiger partial charge is 0.410 e. The van der Waals surface area contributed by atoms with Crippen molar-refractivity contribution in [2.45, 2.75) is 58.8 Å². The van der Waals surface area contributed by atoms with Gasteiger partial charge in [-0.25, -0.2) is 14.0 Å². The van der Waals surface area contributed by atoms with Crippen LogP contribution in [0.4, 0.5) is 14.9 Å². The minimum Gasteiger partial charge on any atom is -0.481 e. The molecule has 2 amide bonds. The number of hydrogen-bond donors (Lipinski definition) is 0. The van der Waals surface area contributed by atoms with Gasteiger partial charge in [0.05, 0.1) is 25.4 Å². The topological polar surface area (TPSA) is 94.6 Å². The molecule has 2 aliphatic heterocycles. The highest BCUT2D eigenvalue weighted by atomic mass is 19.1. The summed E-state index contributed by atoms with van der Waals surface area (Å²) in [5.41, 5.74) is -1.26. The van der Waals surface area contributed by atoms with Crippen molar-refractivity contribution in [3.63, 3.8) is 0 Å². The Morgan fingerprint density at radius 3 is 2.53 bits per heavy atom. The number of hydrogen-bond acceptors (Lipinski definition) is 7. The Kier molecular flexibility index (Phi) is 6.26. The van der Waals surface area contributed by atoms with Crippen molar-refractivity contribution in [2.75, 3.05) is 31.2 Å². The Morgan fingerprint density at radius 2 is 1.94 bits per heavy atom. The van der Waals surface area contributed by atoms with Crippen LogP contribution in [0.15, 0.2) is 12.1 Å². The van der Waals surface area contributed by atoms with Crippen LogP contribution in [0.2, 0.25) is 0 Å². The number of amides is 2. The molecule has 1 atom stereocenters. The molecule has 0 spiro atoms. The number of carbonyl (C=O) groups excluding carboxylic acids is 3. The predicted octanol–water partition coefficient (Wildman–Crippen LogP) is 2.89. The Labute approximate surface area is 186 Å². The van der Waals surface area contributed by atoms with Gasteiger partial charge >= 0.3 is 12.1 Å². The van der Waals surface area contributed by atoms with Crippen LogP contribution in [0.5, 0.6) is 11.5 Å². The van der Waals surface area contributed by atoms with Gasteiger partial charge in [-0.3, -0.25) is 9.69 Å². The van der Waals surface area contributed by atoms with E-state index in [9.17, 15) is 18.8 Å². The van der Waals surface area contributed by atoms with Crippen LogP contribution in [-0.2, 0) is 19.1 Å². The van der Waals surface area contributed by atoms with E-state index in [4.69, 9.17) is 18.9 Å². The van der Waals surface area contributed by atoms with Gasteiger partial charge in [0.1, 0.15) is 23.0 Å². The molecule has 9 nitrogen and oxygen atoms in total. The summed E-state index contributed by atoms with van der Waals surface area (Å²) >= 11 is 0. The SMILES string of the molecule is CCOC(=O)C(C)N1C(=O)COc2cc(F)c(OC3(C)CN(C(=O)OC(C)(C)C)C3)cc21. The van der Waals surface area contributed by atoms with Crippen molar-refractivity contribution >= 4 is 23.7 Å². The zero-order valence-electron chi connectivity index (χ0n) is 19.2. The van der Waals surface area contributed by atoms with E-state index in [0.717, 1.165) is 6.07 Å². The van der Waals surface area contributed by atoms with Crippen molar-refractivity contribution in [1.29, 1.82) is 0 Å². The van der Waals surface area contributed by atoms with Gasteiger partial charge in [-0.2, -0.15) is 0 Å². The first-order valence-electron chi connectivity index (χ1n) is 10.5. The minimum absolute atomic E-state index is 0.116. The van der Waals surface area contributed by atoms with E-state index >= 15 is 0 Å². The van der Waals surface area contributed by atoms with Gasteiger partial charge in [-0.15, -0.1) is 0 Å². The van der Waals surface area contributed by atoms with Gasteiger partial charge in [0, 0.05) is 12.1 Å². The maximum atomic E-state index is 14.7. The van der Waals surface area contributed by atoms with Crippen molar-refractivity contribution in [1.82, 2.24) is 4.90 Å². The fourth-order valence-electron chi connectivity index (χ4n) is 3.59. The van der Waals surface area contributed by atoms with Gasteiger partial charge in [-0.1, -0.05) is 0 Å². The van der Waals surface area contributed by atoms with Crippen molar-refractivity contribution in [3.05, 3.63) is 17.9 Å². The lowest BCUT2D eigenvalue weighted by molar-refractivity contribution is -0.145. The maximum Gasteiger partial charge on any atom is 0.410 e. The van der Waals surface area contributed by atoms with E-state index in [2.05, 4.69) is 0 Å². The number of anilines is 1. The molecule has 176 valence electrons.